The number of amides is 1. The van der Waals surface area contributed by atoms with E-state index < -0.39 is 11.9 Å². The Bertz CT molecular complexity index is 804. The van der Waals surface area contributed by atoms with Crippen molar-refractivity contribution in [2.75, 3.05) is 17.7 Å². The highest BCUT2D eigenvalue weighted by atomic mass is 32.2. The molecule has 0 bridgehead atoms. The van der Waals surface area contributed by atoms with Gasteiger partial charge in [-0.15, -0.1) is 11.8 Å². The van der Waals surface area contributed by atoms with E-state index in [1.807, 2.05) is 25.1 Å². The molecule has 0 saturated carbocycles. The summed E-state index contributed by atoms with van der Waals surface area (Å²) in [6, 6.07) is 14.4. The minimum absolute atomic E-state index is 0.0202. The Balaban J connectivity index is 1.93. The molecule has 0 aliphatic rings. The maximum atomic E-state index is 12.3. The lowest BCUT2D eigenvalue weighted by Crippen LogP contribution is -2.21. The summed E-state index contributed by atoms with van der Waals surface area (Å²) in [6.07, 6.45) is 0.868. The van der Waals surface area contributed by atoms with Gasteiger partial charge in [-0.05, 0) is 43.2 Å². The molecule has 0 fully saturated rings. The largest absolute Gasteiger partial charge is 0.452 e. The van der Waals surface area contributed by atoms with Crippen LogP contribution >= 0.6 is 11.8 Å². The van der Waals surface area contributed by atoms with E-state index in [0.717, 1.165) is 12.0 Å². The third kappa shape index (κ3) is 6.04. The van der Waals surface area contributed by atoms with E-state index in [1.165, 1.54) is 18.7 Å². The zero-order valence-electron chi connectivity index (χ0n) is 14.8. The van der Waals surface area contributed by atoms with Gasteiger partial charge < -0.3 is 10.1 Å². The van der Waals surface area contributed by atoms with Crippen molar-refractivity contribution in [2.24, 2.45) is 0 Å². The molecule has 5 nitrogen and oxygen atoms in total. The normalized spacial score (nSPS) is 10.2. The summed E-state index contributed by atoms with van der Waals surface area (Å²) >= 11 is 1.27. The van der Waals surface area contributed by atoms with Crippen molar-refractivity contribution in [3.63, 3.8) is 0 Å². The lowest BCUT2D eigenvalue weighted by Gasteiger charge is -2.10. The molecule has 136 valence electrons. The van der Waals surface area contributed by atoms with Crippen LogP contribution in [0.5, 0.6) is 0 Å². The van der Waals surface area contributed by atoms with Crippen molar-refractivity contribution in [1.29, 1.82) is 0 Å². The number of esters is 1. The van der Waals surface area contributed by atoms with E-state index in [9.17, 15) is 14.4 Å². The Kier molecular flexibility index (Phi) is 7.41. The van der Waals surface area contributed by atoms with E-state index in [0.29, 0.717) is 16.1 Å². The Labute approximate surface area is 157 Å². The molecule has 2 aromatic rings. The fraction of sp³-hybridized carbons (Fsp3) is 0.250. The second kappa shape index (κ2) is 9.77. The van der Waals surface area contributed by atoms with Gasteiger partial charge in [-0.1, -0.05) is 31.2 Å². The molecule has 0 radical (unpaired) electrons. The zero-order chi connectivity index (χ0) is 18.9. The fourth-order valence-electron chi connectivity index (χ4n) is 2.22. The van der Waals surface area contributed by atoms with Crippen LogP contribution in [0.3, 0.4) is 0 Å². The van der Waals surface area contributed by atoms with Crippen molar-refractivity contribution in [2.45, 2.75) is 25.2 Å². The number of anilines is 1. The summed E-state index contributed by atoms with van der Waals surface area (Å²) in [5.41, 5.74) is 2.12. The number of nitrogens with one attached hydrogen (secondary N) is 1. The first-order valence-electron chi connectivity index (χ1n) is 8.26. The van der Waals surface area contributed by atoms with Crippen molar-refractivity contribution >= 4 is 35.1 Å². The first kappa shape index (κ1) is 19.7. The second-order valence-electron chi connectivity index (χ2n) is 5.67. The number of thioether (sulfide) groups is 1. The van der Waals surface area contributed by atoms with Gasteiger partial charge in [0.15, 0.2) is 6.61 Å². The molecule has 0 heterocycles. The number of ether oxygens (including phenoxy) is 1. The number of Topliss-reactive ketones (excluding diaryl/α,β-unsaturated/α-hetero) is 1. The molecule has 2 rings (SSSR count). The Morgan fingerprint density at radius 3 is 2.58 bits per heavy atom. The maximum Gasteiger partial charge on any atom is 0.339 e. The minimum Gasteiger partial charge on any atom is -0.452 e. The summed E-state index contributed by atoms with van der Waals surface area (Å²) in [5.74, 6) is -0.695. The average Bonchev–Trinajstić information content (AvgIpc) is 2.64. The van der Waals surface area contributed by atoms with Crippen LogP contribution < -0.4 is 5.32 Å². The second-order valence-corrected chi connectivity index (χ2v) is 6.68. The summed E-state index contributed by atoms with van der Waals surface area (Å²) in [4.78, 5) is 36.1. The number of benzene rings is 2. The molecule has 0 aliphatic carbocycles. The van der Waals surface area contributed by atoms with Crippen LogP contribution in [0, 0.1) is 0 Å². The highest BCUT2D eigenvalue weighted by Crippen LogP contribution is 2.23. The van der Waals surface area contributed by atoms with Gasteiger partial charge in [0.2, 0.25) is 0 Å². The Hall–Kier alpha value is -2.60. The molecule has 0 spiro atoms. The molecular weight excluding hydrogens is 350 g/mol. The maximum absolute atomic E-state index is 12.3. The van der Waals surface area contributed by atoms with Gasteiger partial charge in [0, 0.05) is 10.6 Å². The Morgan fingerprint density at radius 2 is 1.85 bits per heavy atom. The van der Waals surface area contributed by atoms with E-state index >= 15 is 0 Å². The quantitative estimate of drug-likeness (QED) is 0.565. The minimum atomic E-state index is -0.589. The summed E-state index contributed by atoms with van der Waals surface area (Å²) < 4.78 is 5.12. The van der Waals surface area contributed by atoms with Gasteiger partial charge in [0.25, 0.3) is 5.91 Å². The summed E-state index contributed by atoms with van der Waals surface area (Å²) in [5, 5.41) is 2.71. The van der Waals surface area contributed by atoms with Crippen LogP contribution in [0.4, 0.5) is 5.69 Å². The summed E-state index contributed by atoms with van der Waals surface area (Å²) in [6.45, 7) is 3.15. The van der Waals surface area contributed by atoms with Crippen LogP contribution in [-0.2, 0) is 20.7 Å². The number of carbonyl (C=O) groups is 3. The number of hydrogen-bond acceptors (Lipinski definition) is 5. The predicted octanol–water partition coefficient (Wildman–Crippen LogP) is 3.73. The number of rotatable bonds is 8. The third-order valence-electron chi connectivity index (χ3n) is 3.49. The fourth-order valence-corrected chi connectivity index (χ4v) is 3.06. The number of carbonyl (C=O) groups excluding carboxylic acids is 3. The smallest absolute Gasteiger partial charge is 0.339 e. The lowest BCUT2D eigenvalue weighted by molar-refractivity contribution is -0.119. The first-order chi connectivity index (χ1) is 12.5. The molecule has 2 aromatic carbocycles. The number of aryl methyl sites for hydroxylation is 1. The monoisotopic (exact) mass is 371 g/mol. The molecule has 0 saturated heterocycles. The van der Waals surface area contributed by atoms with Gasteiger partial charge in [0.1, 0.15) is 5.78 Å². The average molecular weight is 371 g/mol. The van der Waals surface area contributed by atoms with Crippen LogP contribution in [0.1, 0.15) is 29.8 Å². The molecule has 1 amide bonds. The predicted molar refractivity (Wildman–Crippen MR) is 103 cm³/mol. The van der Waals surface area contributed by atoms with E-state index in [-0.39, 0.29) is 18.1 Å². The molecular formula is C20H21NO4S. The van der Waals surface area contributed by atoms with Crippen molar-refractivity contribution in [1.82, 2.24) is 0 Å². The molecule has 6 heteroatoms. The Morgan fingerprint density at radius 1 is 1.08 bits per heavy atom. The highest BCUT2D eigenvalue weighted by Gasteiger charge is 2.15. The molecule has 0 unspecified atom stereocenters. The van der Waals surface area contributed by atoms with Gasteiger partial charge in [0.05, 0.1) is 11.3 Å². The van der Waals surface area contributed by atoms with E-state index in [1.54, 1.807) is 30.3 Å². The topological polar surface area (TPSA) is 72.5 Å². The zero-order valence-corrected chi connectivity index (χ0v) is 15.6. The van der Waals surface area contributed by atoms with Crippen LogP contribution in [0.15, 0.2) is 53.4 Å². The molecule has 26 heavy (non-hydrogen) atoms. The lowest BCUT2D eigenvalue weighted by atomic mass is 10.1. The van der Waals surface area contributed by atoms with Gasteiger partial charge in [-0.2, -0.15) is 0 Å². The first-order valence-corrected chi connectivity index (χ1v) is 9.25. The van der Waals surface area contributed by atoms with Gasteiger partial charge in [-0.3, -0.25) is 9.59 Å². The van der Waals surface area contributed by atoms with Crippen LogP contribution in [-0.4, -0.2) is 30.0 Å². The summed E-state index contributed by atoms with van der Waals surface area (Å²) in [7, 11) is 0. The van der Waals surface area contributed by atoms with Crippen LogP contribution in [0.2, 0.25) is 0 Å². The van der Waals surface area contributed by atoms with Crippen molar-refractivity contribution < 1.29 is 19.1 Å². The molecule has 0 aliphatic heterocycles. The highest BCUT2D eigenvalue weighted by molar-refractivity contribution is 8.00. The molecule has 1 N–H and O–H groups in total. The van der Waals surface area contributed by atoms with Gasteiger partial charge in [-0.25, -0.2) is 4.79 Å². The molecule has 0 aromatic heterocycles. The van der Waals surface area contributed by atoms with Crippen molar-refractivity contribution in [3.8, 4) is 0 Å². The number of ketones is 1. The van der Waals surface area contributed by atoms with E-state index in [4.69, 9.17) is 4.74 Å². The van der Waals surface area contributed by atoms with Gasteiger partial charge >= 0.3 is 5.97 Å². The number of hydrogen-bond donors (Lipinski definition) is 1. The van der Waals surface area contributed by atoms with Crippen LogP contribution in [0.25, 0.3) is 0 Å². The third-order valence-corrected chi connectivity index (χ3v) is 4.71. The SMILES string of the molecule is CCc1cccc(NC(=O)COC(=O)c2ccccc2SCC(C)=O)c1. The van der Waals surface area contributed by atoms with Crippen molar-refractivity contribution in [3.05, 3.63) is 59.7 Å². The molecule has 0 atom stereocenters. The van der Waals surface area contributed by atoms with E-state index in [2.05, 4.69) is 5.32 Å². The standard InChI is InChI=1S/C20H21NO4S/c1-3-15-7-6-8-16(11-15)21-19(23)12-25-20(24)17-9-4-5-10-18(17)26-13-14(2)22/h4-11H,3,12-13H2,1-2H3,(H,21,23).